The average Bonchev–Trinajstić information content (AvgIpc) is 2.44. The maximum atomic E-state index is 12.6. The summed E-state index contributed by atoms with van der Waals surface area (Å²) in [6, 6.07) is 0.331. The number of piperidine rings is 1. The molecule has 3 N–H and O–H groups in total. The fourth-order valence-corrected chi connectivity index (χ4v) is 2.88. The Morgan fingerprint density at radius 1 is 1.42 bits per heavy atom. The summed E-state index contributed by atoms with van der Waals surface area (Å²) in [5, 5.41) is 11.9. The molecule has 1 amide bonds. The highest BCUT2D eigenvalue weighted by Crippen LogP contribution is 2.24. The van der Waals surface area contributed by atoms with Crippen LogP contribution in [0.4, 0.5) is 0 Å². The van der Waals surface area contributed by atoms with Crippen molar-refractivity contribution < 1.29 is 10.0 Å². The van der Waals surface area contributed by atoms with Gasteiger partial charge in [-0.25, -0.2) is 0 Å². The lowest BCUT2D eigenvalue weighted by atomic mass is 9.94. The number of carbonyl (C=O) groups excluding carboxylic acids is 1. The minimum atomic E-state index is -0.465. The number of nitrogens with zero attached hydrogens (tertiary/aromatic N) is 2. The first-order chi connectivity index (χ1) is 9.15. The zero-order valence-electron chi connectivity index (χ0n) is 12.1. The van der Waals surface area contributed by atoms with Gasteiger partial charge in [0.1, 0.15) is 0 Å². The third kappa shape index (κ3) is 4.11. The first-order valence-electron chi connectivity index (χ1n) is 7.43. The highest BCUT2D eigenvalue weighted by Gasteiger charge is 2.32. The molecular weight excluding hydrogens is 242 g/mol. The molecule has 2 unspecified atom stereocenters. The molecule has 110 valence electrons. The fraction of sp³-hybridized carbons (Fsp3) is 0.857. The number of amides is 1. The fourth-order valence-electron chi connectivity index (χ4n) is 2.88. The smallest absolute Gasteiger partial charge is 0.233 e. The Balaban J connectivity index is 2.80. The Bertz CT molecular complexity index is 316. The van der Waals surface area contributed by atoms with Gasteiger partial charge in [-0.2, -0.15) is 0 Å². The van der Waals surface area contributed by atoms with Crippen LogP contribution in [0.1, 0.15) is 58.8 Å². The highest BCUT2D eigenvalue weighted by molar-refractivity contribution is 6.02. The molecule has 0 bridgehead atoms. The van der Waals surface area contributed by atoms with Gasteiger partial charge < -0.3 is 15.8 Å². The number of oxime groups is 1. The van der Waals surface area contributed by atoms with E-state index < -0.39 is 5.92 Å². The number of hydrogen-bond donors (Lipinski definition) is 2. The SMILES string of the molecule is CCCC(C(=O)N1CCCCC1CCC)C(N)=NO. The number of amidine groups is 1. The van der Waals surface area contributed by atoms with Crippen molar-refractivity contribution in [1.29, 1.82) is 0 Å². The summed E-state index contributed by atoms with van der Waals surface area (Å²) in [5.74, 6) is -0.379. The van der Waals surface area contributed by atoms with E-state index in [4.69, 9.17) is 10.9 Å². The second-order valence-electron chi connectivity index (χ2n) is 5.34. The summed E-state index contributed by atoms with van der Waals surface area (Å²) in [4.78, 5) is 14.6. The lowest BCUT2D eigenvalue weighted by molar-refractivity contribution is -0.137. The number of likely N-dealkylation sites (tertiary alicyclic amines) is 1. The number of rotatable bonds is 6. The van der Waals surface area contributed by atoms with Crippen molar-refractivity contribution in [2.45, 2.75) is 64.8 Å². The molecule has 1 rings (SSSR count). The van der Waals surface area contributed by atoms with Crippen LogP contribution in [0.3, 0.4) is 0 Å². The Morgan fingerprint density at radius 2 is 2.16 bits per heavy atom. The minimum Gasteiger partial charge on any atom is -0.409 e. The van der Waals surface area contributed by atoms with E-state index >= 15 is 0 Å². The van der Waals surface area contributed by atoms with Gasteiger partial charge in [0.25, 0.3) is 0 Å². The lowest BCUT2D eigenvalue weighted by Gasteiger charge is -2.37. The second kappa shape index (κ2) is 8.02. The maximum Gasteiger partial charge on any atom is 0.233 e. The highest BCUT2D eigenvalue weighted by atomic mass is 16.4. The molecule has 0 aromatic rings. The van der Waals surface area contributed by atoms with E-state index in [0.29, 0.717) is 12.5 Å². The molecule has 19 heavy (non-hydrogen) atoms. The molecule has 0 aromatic heterocycles. The van der Waals surface area contributed by atoms with E-state index in [1.54, 1.807) is 0 Å². The first-order valence-corrected chi connectivity index (χ1v) is 7.43. The van der Waals surface area contributed by atoms with E-state index in [1.165, 1.54) is 6.42 Å². The Hall–Kier alpha value is -1.26. The Kier molecular flexibility index (Phi) is 6.67. The monoisotopic (exact) mass is 269 g/mol. The summed E-state index contributed by atoms with van der Waals surface area (Å²) in [6.07, 6.45) is 6.94. The van der Waals surface area contributed by atoms with Gasteiger partial charge in [0.15, 0.2) is 5.84 Å². The molecule has 5 heteroatoms. The summed E-state index contributed by atoms with van der Waals surface area (Å²) in [5.41, 5.74) is 5.68. The van der Waals surface area contributed by atoms with Gasteiger partial charge in [0.2, 0.25) is 5.91 Å². The van der Waals surface area contributed by atoms with Gasteiger partial charge in [0.05, 0.1) is 5.92 Å². The van der Waals surface area contributed by atoms with Crippen molar-refractivity contribution in [2.75, 3.05) is 6.54 Å². The van der Waals surface area contributed by atoms with E-state index in [0.717, 1.165) is 38.6 Å². The molecule has 0 aromatic carbocycles. The van der Waals surface area contributed by atoms with Gasteiger partial charge in [-0.1, -0.05) is 31.8 Å². The predicted octanol–water partition coefficient (Wildman–Crippen LogP) is 2.33. The Morgan fingerprint density at radius 3 is 2.74 bits per heavy atom. The minimum absolute atomic E-state index is 0.0373. The third-order valence-electron chi connectivity index (χ3n) is 3.88. The molecule has 0 spiro atoms. The van der Waals surface area contributed by atoms with Crippen LogP contribution >= 0.6 is 0 Å². The molecule has 1 saturated heterocycles. The number of carbonyl (C=O) groups is 1. The molecule has 5 nitrogen and oxygen atoms in total. The zero-order valence-corrected chi connectivity index (χ0v) is 12.1. The largest absolute Gasteiger partial charge is 0.409 e. The molecule has 2 atom stereocenters. The maximum absolute atomic E-state index is 12.6. The topological polar surface area (TPSA) is 78.9 Å². The van der Waals surface area contributed by atoms with E-state index in [1.807, 2.05) is 11.8 Å². The van der Waals surface area contributed by atoms with Crippen molar-refractivity contribution >= 4 is 11.7 Å². The number of nitrogens with two attached hydrogens (primary N) is 1. The molecule has 1 fully saturated rings. The molecule has 0 radical (unpaired) electrons. The van der Waals surface area contributed by atoms with Gasteiger partial charge >= 0.3 is 0 Å². The normalized spacial score (nSPS) is 22.3. The van der Waals surface area contributed by atoms with Crippen LogP contribution in [0.5, 0.6) is 0 Å². The van der Waals surface area contributed by atoms with Crippen LogP contribution in [0.25, 0.3) is 0 Å². The second-order valence-corrected chi connectivity index (χ2v) is 5.34. The van der Waals surface area contributed by atoms with Crippen molar-refractivity contribution in [3.05, 3.63) is 0 Å². The van der Waals surface area contributed by atoms with E-state index in [-0.39, 0.29) is 11.7 Å². The van der Waals surface area contributed by atoms with Crippen molar-refractivity contribution in [3.8, 4) is 0 Å². The summed E-state index contributed by atoms with van der Waals surface area (Å²) in [7, 11) is 0. The quantitative estimate of drug-likeness (QED) is 0.336. The van der Waals surface area contributed by atoms with Crippen molar-refractivity contribution in [1.82, 2.24) is 4.90 Å². The molecule has 0 saturated carbocycles. The molecule has 1 aliphatic rings. The van der Waals surface area contributed by atoms with E-state index in [2.05, 4.69) is 12.1 Å². The third-order valence-corrected chi connectivity index (χ3v) is 3.88. The molecular formula is C14H27N3O2. The first kappa shape index (κ1) is 15.8. The lowest BCUT2D eigenvalue weighted by Crippen LogP contribution is -2.49. The van der Waals surface area contributed by atoms with Crippen LogP contribution in [-0.4, -0.2) is 34.4 Å². The van der Waals surface area contributed by atoms with Crippen LogP contribution in [0, 0.1) is 5.92 Å². The van der Waals surface area contributed by atoms with Gasteiger partial charge in [-0.15, -0.1) is 0 Å². The van der Waals surface area contributed by atoms with Crippen molar-refractivity contribution in [2.24, 2.45) is 16.8 Å². The summed E-state index contributed by atoms with van der Waals surface area (Å²) < 4.78 is 0. The van der Waals surface area contributed by atoms with Gasteiger partial charge in [-0.3, -0.25) is 4.79 Å². The molecule has 0 aliphatic carbocycles. The van der Waals surface area contributed by atoms with E-state index in [9.17, 15) is 4.79 Å². The Labute approximate surface area is 115 Å². The summed E-state index contributed by atoms with van der Waals surface area (Å²) in [6.45, 7) is 4.96. The van der Waals surface area contributed by atoms with Crippen LogP contribution in [0.2, 0.25) is 0 Å². The summed E-state index contributed by atoms with van der Waals surface area (Å²) >= 11 is 0. The van der Waals surface area contributed by atoms with Crippen LogP contribution < -0.4 is 5.73 Å². The van der Waals surface area contributed by atoms with Crippen molar-refractivity contribution in [3.63, 3.8) is 0 Å². The molecule has 1 heterocycles. The van der Waals surface area contributed by atoms with Gasteiger partial charge in [-0.05, 0) is 32.1 Å². The molecule has 1 aliphatic heterocycles. The average molecular weight is 269 g/mol. The van der Waals surface area contributed by atoms with Gasteiger partial charge in [0, 0.05) is 12.6 Å². The van der Waals surface area contributed by atoms with Crippen LogP contribution in [0.15, 0.2) is 5.16 Å². The standard InChI is InChI=1S/C14H27N3O2/c1-3-7-11-9-5-6-10-17(11)14(18)12(8-4-2)13(15)16-19/h11-12,19H,3-10H2,1-2H3,(H2,15,16). The predicted molar refractivity (Wildman–Crippen MR) is 76.1 cm³/mol. The zero-order chi connectivity index (χ0) is 14.3. The van der Waals surface area contributed by atoms with Crippen LogP contribution in [-0.2, 0) is 4.79 Å². The number of hydrogen-bond acceptors (Lipinski definition) is 3.